The SMILES string of the molecule is O=C(c1cncc(-c2ccc(O)cc2)c1)c1cccc(N2CCCNCC2)n1. The molecule has 6 heteroatoms. The second kappa shape index (κ2) is 8.19. The highest BCUT2D eigenvalue weighted by atomic mass is 16.3. The Morgan fingerprint density at radius 3 is 2.71 bits per heavy atom. The van der Waals surface area contributed by atoms with Crippen molar-refractivity contribution in [2.75, 3.05) is 31.1 Å². The second-order valence-electron chi connectivity index (χ2n) is 6.81. The maximum atomic E-state index is 13.0. The third-order valence-electron chi connectivity index (χ3n) is 4.83. The Morgan fingerprint density at radius 1 is 1.00 bits per heavy atom. The number of carbonyl (C=O) groups excluding carboxylic acids is 1. The molecule has 0 radical (unpaired) electrons. The Labute approximate surface area is 163 Å². The van der Waals surface area contributed by atoms with Gasteiger partial charge in [0, 0.05) is 43.2 Å². The third-order valence-corrected chi connectivity index (χ3v) is 4.83. The van der Waals surface area contributed by atoms with Crippen molar-refractivity contribution in [3.63, 3.8) is 0 Å². The third kappa shape index (κ3) is 4.02. The molecule has 28 heavy (non-hydrogen) atoms. The summed E-state index contributed by atoms with van der Waals surface area (Å²) < 4.78 is 0. The average molecular weight is 374 g/mol. The number of benzene rings is 1. The molecule has 0 bridgehead atoms. The molecule has 1 aromatic carbocycles. The fourth-order valence-corrected chi connectivity index (χ4v) is 3.32. The topological polar surface area (TPSA) is 78.3 Å². The first-order valence-electron chi connectivity index (χ1n) is 9.42. The van der Waals surface area contributed by atoms with Gasteiger partial charge in [0.2, 0.25) is 5.78 Å². The van der Waals surface area contributed by atoms with E-state index in [1.165, 1.54) is 0 Å². The van der Waals surface area contributed by atoms with Crippen LogP contribution in [-0.2, 0) is 0 Å². The van der Waals surface area contributed by atoms with Crippen molar-refractivity contribution in [3.8, 4) is 16.9 Å². The molecule has 0 unspecified atom stereocenters. The molecule has 0 aliphatic carbocycles. The molecule has 142 valence electrons. The highest BCUT2D eigenvalue weighted by Gasteiger charge is 2.16. The van der Waals surface area contributed by atoms with Gasteiger partial charge >= 0.3 is 0 Å². The standard InChI is InChI=1S/C22H22N4O2/c27-19-7-5-16(6-8-19)17-13-18(15-24-14-17)22(28)20-3-1-4-21(25-20)26-11-2-9-23-10-12-26/h1,3-8,13-15,23,27H,2,9-12H2. The van der Waals surface area contributed by atoms with Crippen LogP contribution in [0.4, 0.5) is 5.82 Å². The van der Waals surface area contributed by atoms with Crippen LogP contribution in [0.1, 0.15) is 22.5 Å². The molecule has 1 aliphatic heterocycles. The smallest absolute Gasteiger partial charge is 0.212 e. The molecule has 0 saturated carbocycles. The maximum absolute atomic E-state index is 13.0. The summed E-state index contributed by atoms with van der Waals surface area (Å²) in [6, 6.07) is 14.2. The molecule has 4 rings (SSSR count). The van der Waals surface area contributed by atoms with Gasteiger partial charge in [-0.2, -0.15) is 0 Å². The highest BCUT2D eigenvalue weighted by molar-refractivity contribution is 6.08. The summed E-state index contributed by atoms with van der Waals surface area (Å²) in [6.07, 6.45) is 4.33. The Morgan fingerprint density at radius 2 is 1.86 bits per heavy atom. The summed E-state index contributed by atoms with van der Waals surface area (Å²) in [7, 11) is 0. The Bertz CT molecular complexity index is 964. The van der Waals surface area contributed by atoms with Gasteiger partial charge in [0.1, 0.15) is 17.3 Å². The van der Waals surface area contributed by atoms with E-state index in [1.807, 2.05) is 18.2 Å². The minimum Gasteiger partial charge on any atom is -0.508 e. The lowest BCUT2D eigenvalue weighted by atomic mass is 10.0. The Hall–Kier alpha value is -3.25. The number of nitrogens with one attached hydrogen (secondary N) is 1. The first kappa shape index (κ1) is 18.1. The molecule has 2 N–H and O–H groups in total. The summed E-state index contributed by atoms with van der Waals surface area (Å²) in [5.41, 5.74) is 2.62. The summed E-state index contributed by atoms with van der Waals surface area (Å²) in [4.78, 5) is 24.1. The van der Waals surface area contributed by atoms with E-state index < -0.39 is 0 Å². The van der Waals surface area contributed by atoms with E-state index in [-0.39, 0.29) is 11.5 Å². The first-order chi connectivity index (χ1) is 13.7. The fraction of sp³-hybridized carbons (Fsp3) is 0.227. The molecular formula is C22H22N4O2. The van der Waals surface area contributed by atoms with Crippen LogP contribution in [0.15, 0.2) is 60.9 Å². The molecule has 1 saturated heterocycles. The molecule has 6 nitrogen and oxygen atoms in total. The van der Waals surface area contributed by atoms with Crippen LogP contribution in [-0.4, -0.2) is 47.0 Å². The summed E-state index contributed by atoms with van der Waals surface area (Å²) >= 11 is 0. The van der Waals surface area contributed by atoms with Crippen molar-refractivity contribution in [1.82, 2.24) is 15.3 Å². The molecule has 1 aliphatic rings. The zero-order valence-electron chi connectivity index (χ0n) is 15.5. The predicted octanol–water partition coefficient (Wildman–Crippen LogP) is 2.88. The van der Waals surface area contributed by atoms with E-state index in [4.69, 9.17) is 0 Å². The highest BCUT2D eigenvalue weighted by Crippen LogP contribution is 2.23. The molecule has 3 heterocycles. The van der Waals surface area contributed by atoms with Gasteiger partial charge in [-0.3, -0.25) is 9.78 Å². The predicted molar refractivity (Wildman–Crippen MR) is 109 cm³/mol. The number of hydrogen-bond donors (Lipinski definition) is 2. The van der Waals surface area contributed by atoms with Crippen LogP contribution in [0.2, 0.25) is 0 Å². The lowest BCUT2D eigenvalue weighted by molar-refractivity contribution is 0.103. The number of hydrogen-bond acceptors (Lipinski definition) is 6. The number of nitrogens with zero attached hydrogens (tertiary/aromatic N) is 3. The van der Waals surface area contributed by atoms with Crippen LogP contribution in [0.3, 0.4) is 0 Å². The zero-order valence-corrected chi connectivity index (χ0v) is 15.5. The van der Waals surface area contributed by atoms with E-state index in [1.54, 1.807) is 42.7 Å². The monoisotopic (exact) mass is 374 g/mol. The minimum atomic E-state index is -0.150. The second-order valence-corrected chi connectivity index (χ2v) is 6.81. The largest absolute Gasteiger partial charge is 0.508 e. The van der Waals surface area contributed by atoms with E-state index in [9.17, 15) is 9.90 Å². The number of phenolic OH excluding ortho intramolecular Hbond substituents is 1. The van der Waals surface area contributed by atoms with E-state index in [0.29, 0.717) is 11.3 Å². The van der Waals surface area contributed by atoms with E-state index in [0.717, 1.165) is 49.5 Å². The van der Waals surface area contributed by atoms with Crippen LogP contribution >= 0.6 is 0 Å². The average Bonchev–Trinajstić information content (AvgIpc) is 3.04. The van der Waals surface area contributed by atoms with Gasteiger partial charge < -0.3 is 15.3 Å². The number of aromatic hydroxyl groups is 1. The van der Waals surface area contributed by atoms with Crippen LogP contribution < -0.4 is 10.2 Å². The van der Waals surface area contributed by atoms with Gasteiger partial charge in [0.25, 0.3) is 0 Å². The number of phenols is 1. The van der Waals surface area contributed by atoms with Crippen molar-refractivity contribution in [1.29, 1.82) is 0 Å². The summed E-state index contributed by atoms with van der Waals surface area (Å²) in [5.74, 6) is 0.883. The van der Waals surface area contributed by atoms with Crippen LogP contribution in [0, 0.1) is 0 Å². The Kier molecular flexibility index (Phi) is 5.30. The lowest BCUT2D eigenvalue weighted by Gasteiger charge is -2.21. The first-order valence-corrected chi connectivity index (χ1v) is 9.42. The molecular weight excluding hydrogens is 352 g/mol. The Balaban J connectivity index is 1.60. The maximum Gasteiger partial charge on any atom is 0.212 e. The van der Waals surface area contributed by atoms with E-state index in [2.05, 4.69) is 20.2 Å². The van der Waals surface area contributed by atoms with Crippen LogP contribution in [0.5, 0.6) is 5.75 Å². The fourth-order valence-electron chi connectivity index (χ4n) is 3.32. The molecule has 2 aromatic heterocycles. The van der Waals surface area contributed by atoms with Crippen molar-refractivity contribution in [2.24, 2.45) is 0 Å². The number of ketones is 1. The molecule has 0 amide bonds. The van der Waals surface area contributed by atoms with Crippen molar-refractivity contribution in [2.45, 2.75) is 6.42 Å². The van der Waals surface area contributed by atoms with Gasteiger partial charge in [-0.05, 0) is 48.9 Å². The quantitative estimate of drug-likeness (QED) is 0.684. The molecule has 0 spiro atoms. The van der Waals surface area contributed by atoms with Crippen molar-refractivity contribution in [3.05, 3.63) is 72.2 Å². The molecule has 3 aromatic rings. The number of anilines is 1. The minimum absolute atomic E-state index is 0.150. The normalized spacial score (nSPS) is 14.5. The van der Waals surface area contributed by atoms with E-state index >= 15 is 0 Å². The molecule has 1 fully saturated rings. The lowest BCUT2D eigenvalue weighted by Crippen LogP contribution is -2.28. The van der Waals surface area contributed by atoms with Crippen molar-refractivity contribution >= 4 is 11.6 Å². The number of aromatic nitrogens is 2. The van der Waals surface area contributed by atoms with Gasteiger partial charge in [-0.15, -0.1) is 0 Å². The molecule has 0 atom stereocenters. The van der Waals surface area contributed by atoms with Gasteiger partial charge in [-0.1, -0.05) is 18.2 Å². The summed E-state index contributed by atoms with van der Waals surface area (Å²) in [5, 5.41) is 12.8. The van der Waals surface area contributed by atoms with Gasteiger partial charge in [0.15, 0.2) is 0 Å². The summed E-state index contributed by atoms with van der Waals surface area (Å²) in [6.45, 7) is 3.72. The van der Waals surface area contributed by atoms with Gasteiger partial charge in [0.05, 0.1) is 0 Å². The van der Waals surface area contributed by atoms with Crippen molar-refractivity contribution < 1.29 is 9.90 Å². The zero-order chi connectivity index (χ0) is 19.3. The van der Waals surface area contributed by atoms with Gasteiger partial charge in [-0.25, -0.2) is 4.98 Å². The number of pyridine rings is 2. The number of carbonyl (C=O) groups is 1. The van der Waals surface area contributed by atoms with Crippen LogP contribution in [0.25, 0.3) is 11.1 Å². The number of rotatable bonds is 4.